The highest BCUT2D eigenvalue weighted by Crippen LogP contribution is 2.33. The molecule has 0 atom stereocenters. The number of amides is 1. The highest BCUT2D eigenvalue weighted by atomic mass is 32.1. The van der Waals surface area contributed by atoms with Crippen molar-refractivity contribution in [2.45, 2.75) is 45.4 Å². The molecule has 1 amide bonds. The molecule has 0 radical (unpaired) electrons. The number of benzene rings is 1. The first-order valence-corrected chi connectivity index (χ1v) is 11.6. The fourth-order valence-corrected chi connectivity index (χ4v) is 4.75. The number of carbonyl (C=O) groups excluding carboxylic acids is 1. The first-order chi connectivity index (χ1) is 14.7. The quantitative estimate of drug-likeness (QED) is 0.585. The summed E-state index contributed by atoms with van der Waals surface area (Å²) < 4.78 is 2.14. The number of rotatable bonds is 7. The van der Waals surface area contributed by atoms with Gasteiger partial charge in [-0.2, -0.15) is 5.10 Å². The molecule has 0 saturated heterocycles. The highest BCUT2D eigenvalue weighted by Gasteiger charge is 2.32. The summed E-state index contributed by atoms with van der Waals surface area (Å²) in [5.41, 5.74) is 7.04. The van der Waals surface area contributed by atoms with Crippen LogP contribution in [0.4, 0.5) is 0 Å². The molecule has 0 bridgehead atoms. The molecule has 3 aromatic rings. The van der Waals surface area contributed by atoms with E-state index in [0.29, 0.717) is 12.2 Å². The largest absolute Gasteiger partial charge is 0.334 e. The molecule has 0 spiro atoms. The number of hydrogen-bond donors (Lipinski definition) is 0. The second-order valence-corrected chi connectivity index (χ2v) is 9.21. The van der Waals surface area contributed by atoms with Gasteiger partial charge in [-0.3, -0.25) is 14.4 Å². The van der Waals surface area contributed by atoms with Crippen LogP contribution in [0.2, 0.25) is 0 Å². The molecule has 1 aliphatic heterocycles. The number of carbonyl (C=O) groups is 1. The molecule has 156 valence electrons. The maximum atomic E-state index is 13.3. The van der Waals surface area contributed by atoms with Crippen molar-refractivity contribution in [3.8, 4) is 0 Å². The van der Waals surface area contributed by atoms with E-state index >= 15 is 0 Å². The summed E-state index contributed by atoms with van der Waals surface area (Å²) in [5, 5.41) is 6.84. The van der Waals surface area contributed by atoms with E-state index in [9.17, 15) is 4.79 Å². The van der Waals surface area contributed by atoms with Crippen molar-refractivity contribution in [2.24, 2.45) is 5.92 Å². The second-order valence-electron chi connectivity index (χ2n) is 8.49. The Morgan fingerprint density at radius 3 is 2.83 bits per heavy atom. The predicted octanol–water partition coefficient (Wildman–Crippen LogP) is 3.58. The van der Waals surface area contributed by atoms with Gasteiger partial charge in [0, 0.05) is 56.3 Å². The van der Waals surface area contributed by atoms with Crippen molar-refractivity contribution < 1.29 is 4.79 Å². The van der Waals surface area contributed by atoms with Gasteiger partial charge in [-0.25, -0.2) is 4.98 Å². The lowest BCUT2D eigenvalue weighted by molar-refractivity contribution is 0.0774. The van der Waals surface area contributed by atoms with Crippen molar-refractivity contribution in [2.75, 3.05) is 13.6 Å². The molecule has 6 nitrogen and oxygen atoms in total. The Hall–Kier alpha value is -2.51. The number of fused-ring (bicyclic) bond motifs is 1. The zero-order valence-corrected chi connectivity index (χ0v) is 18.1. The topological polar surface area (TPSA) is 54.3 Å². The van der Waals surface area contributed by atoms with Crippen LogP contribution in [0, 0.1) is 5.92 Å². The van der Waals surface area contributed by atoms with Crippen molar-refractivity contribution in [1.29, 1.82) is 0 Å². The highest BCUT2D eigenvalue weighted by molar-refractivity contribution is 7.07. The number of nitrogens with zero attached hydrogens (tertiary/aromatic N) is 5. The molecule has 0 N–H and O–H groups in total. The smallest absolute Gasteiger partial charge is 0.274 e. The van der Waals surface area contributed by atoms with Gasteiger partial charge in [-0.1, -0.05) is 30.3 Å². The van der Waals surface area contributed by atoms with Crippen LogP contribution < -0.4 is 0 Å². The predicted molar refractivity (Wildman–Crippen MR) is 117 cm³/mol. The van der Waals surface area contributed by atoms with Crippen molar-refractivity contribution in [3.63, 3.8) is 0 Å². The molecular weight excluding hydrogens is 394 g/mol. The zero-order valence-electron chi connectivity index (χ0n) is 17.3. The fourth-order valence-electron chi connectivity index (χ4n) is 4.20. The maximum absolute atomic E-state index is 13.3. The first-order valence-electron chi connectivity index (χ1n) is 10.6. The van der Waals surface area contributed by atoms with Gasteiger partial charge in [-0.15, -0.1) is 11.3 Å². The second kappa shape index (κ2) is 8.32. The molecule has 2 aromatic heterocycles. The molecule has 0 unspecified atom stereocenters. The lowest BCUT2D eigenvalue weighted by Gasteiger charge is -2.28. The van der Waals surface area contributed by atoms with E-state index in [0.717, 1.165) is 49.8 Å². The third-order valence-corrected chi connectivity index (χ3v) is 6.66. The molecule has 1 fully saturated rings. The number of thiazole rings is 1. The lowest BCUT2D eigenvalue weighted by Crippen LogP contribution is -2.33. The SMILES string of the molecule is CN(Cc1cscn1)C(=O)c1nn(CC2CC2)c2c1CN(Cc1ccccc1)CC2. The fraction of sp³-hybridized carbons (Fsp3) is 0.435. The van der Waals surface area contributed by atoms with Gasteiger partial charge in [0.1, 0.15) is 0 Å². The molecule has 7 heteroatoms. The summed E-state index contributed by atoms with van der Waals surface area (Å²) in [7, 11) is 1.85. The van der Waals surface area contributed by atoms with Crippen LogP contribution in [0.3, 0.4) is 0 Å². The van der Waals surface area contributed by atoms with Crippen LogP contribution in [0.1, 0.15) is 45.8 Å². The van der Waals surface area contributed by atoms with E-state index in [1.54, 1.807) is 21.7 Å². The van der Waals surface area contributed by atoms with Gasteiger partial charge < -0.3 is 4.90 Å². The maximum Gasteiger partial charge on any atom is 0.274 e. The van der Waals surface area contributed by atoms with Gasteiger partial charge in [0.15, 0.2) is 5.69 Å². The van der Waals surface area contributed by atoms with Crippen LogP contribution in [0.25, 0.3) is 0 Å². The summed E-state index contributed by atoms with van der Waals surface area (Å²) in [4.78, 5) is 21.8. The number of hydrogen-bond acceptors (Lipinski definition) is 5. The Kier molecular flexibility index (Phi) is 5.39. The van der Waals surface area contributed by atoms with Crippen molar-refractivity contribution >= 4 is 17.2 Å². The van der Waals surface area contributed by atoms with Crippen molar-refractivity contribution in [1.82, 2.24) is 24.6 Å². The van der Waals surface area contributed by atoms with Crippen LogP contribution >= 0.6 is 11.3 Å². The Morgan fingerprint density at radius 2 is 2.10 bits per heavy atom. The molecule has 2 aliphatic rings. The summed E-state index contributed by atoms with van der Waals surface area (Å²) >= 11 is 1.56. The van der Waals surface area contributed by atoms with E-state index in [1.165, 1.54) is 24.1 Å². The molecule has 1 saturated carbocycles. The van der Waals surface area contributed by atoms with Gasteiger partial charge in [0.05, 0.1) is 17.7 Å². The minimum absolute atomic E-state index is 0.00430. The summed E-state index contributed by atoms with van der Waals surface area (Å²) in [5.74, 6) is 0.724. The normalized spacial score (nSPS) is 16.4. The van der Waals surface area contributed by atoms with Crippen LogP contribution in [-0.4, -0.2) is 44.1 Å². The molecule has 5 rings (SSSR count). The van der Waals surface area contributed by atoms with Gasteiger partial charge in [0.2, 0.25) is 0 Å². The molecule has 3 heterocycles. The van der Waals surface area contributed by atoms with Crippen LogP contribution in [0.15, 0.2) is 41.2 Å². The van der Waals surface area contributed by atoms with Gasteiger partial charge in [0.25, 0.3) is 5.91 Å². The molecule has 1 aromatic carbocycles. The Labute approximate surface area is 181 Å². The summed E-state index contributed by atoms with van der Waals surface area (Å²) in [6.45, 7) is 4.14. The van der Waals surface area contributed by atoms with Crippen LogP contribution in [0.5, 0.6) is 0 Å². The minimum Gasteiger partial charge on any atom is -0.334 e. The minimum atomic E-state index is -0.00430. The monoisotopic (exact) mass is 421 g/mol. The number of aromatic nitrogens is 3. The third-order valence-electron chi connectivity index (χ3n) is 6.02. The van der Waals surface area contributed by atoms with E-state index in [4.69, 9.17) is 5.10 Å². The van der Waals surface area contributed by atoms with Gasteiger partial charge >= 0.3 is 0 Å². The Bertz CT molecular complexity index is 1010. The molecular formula is C23H27N5OS. The lowest BCUT2D eigenvalue weighted by atomic mass is 10.0. The standard InChI is InChI=1S/C23H27N5OS/c1-26(13-19-15-30-16-24-19)23(29)22-20-14-27(11-17-5-3-2-4-6-17)10-9-21(20)28(25-22)12-18-7-8-18/h2-6,15-16,18H,7-14H2,1H3. The zero-order chi connectivity index (χ0) is 20.5. The first kappa shape index (κ1) is 19.5. The van der Waals surface area contributed by atoms with E-state index in [2.05, 4.69) is 44.9 Å². The van der Waals surface area contributed by atoms with E-state index in [1.807, 2.05) is 12.4 Å². The van der Waals surface area contributed by atoms with E-state index in [-0.39, 0.29) is 5.91 Å². The van der Waals surface area contributed by atoms with Crippen molar-refractivity contribution in [3.05, 3.63) is 69.4 Å². The Morgan fingerprint density at radius 1 is 1.27 bits per heavy atom. The Balaban J connectivity index is 1.39. The average molecular weight is 422 g/mol. The summed E-state index contributed by atoms with van der Waals surface area (Å²) in [6.07, 6.45) is 3.51. The summed E-state index contributed by atoms with van der Waals surface area (Å²) in [6, 6.07) is 10.6. The van der Waals surface area contributed by atoms with Crippen LogP contribution in [-0.2, 0) is 32.6 Å². The average Bonchev–Trinajstić information content (AvgIpc) is 3.29. The van der Waals surface area contributed by atoms with E-state index < -0.39 is 0 Å². The van der Waals surface area contributed by atoms with Gasteiger partial charge in [-0.05, 0) is 24.3 Å². The molecule has 30 heavy (non-hydrogen) atoms. The third kappa shape index (κ3) is 4.18. The molecule has 1 aliphatic carbocycles.